The summed E-state index contributed by atoms with van der Waals surface area (Å²) in [7, 11) is 1.41. The van der Waals surface area contributed by atoms with E-state index in [1.165, 1.54) is 7.11 Å². The largest absolute Gasteiger partial charge is 0.504 e. The Labute approximate surface area is 101 Å². The summed E-state index contributed by atoms with van der Waals surface area (Å²) in [5.41, 5.74) is 6.03. The zero-order valence-corrected chi connectivity index (χ0v) is 10.2. The molecule has 0 heterocycles. The first-order valence-electron chi connectivity index (χ1n) is 4.50. The van der Waals surface area contributed by atoms with Crippen molar-refractivity contribution < 1.29 is 19.7 Å². The maximum Gasteiger partial charge on any atom is 0.305 e. The van der Waals surface area contributed by atoms with Gasteiger partial charge in [-0.05, 0) is 12.1 Å². The molecule has 0 spiro atoms. The number of ether oxygens (including phenoxy) is 1. The van der Waals surface area contributed by atoms with E-state index in [0.717, 1.165) is 0 Å². The van der Waals surface area contributed by atoms with Crippen molar-refractivity contribution in [3.8, 4) is 11.5 Å². The van der Waals surface area contributed by atoms with Crippen molar-refractivity contribution in [1.29, 1.82) is 0 Å². The summed E-state index contributed by atoms with van der Waals surface area (Å²) in [5.74, 6) is -0.897. The number of nitrogens with two attached hydrogens (primary N) is 1. The van der Waals surface area contributed by atoms with Crippen molar-refractivity contribution in [2.75, 3.05) is 7.11 Å². The molecule has 1 aromatic carbocycles. The molecule has 6 heteroatoms. The van der Waals surface area contributed by atoms with Crippen LogP contribution >= 0.6 is 15.9 Å². The Hall–Kier alpha value is -1.27. The van der Waals surface area contributed by atoms with Crippen LogP contribution in [0, 0.1) is 0 Å². The first-order valence-corrected chi connectivity index (χ1v) is 5.29. The van der Waals surface area contributed by atoms with E-state index in [-0.39, 0.29) is 17.9 Å². The smallest absolute Gasteiger partial charge is 0.305 e. The highest BCUT2D eigenvalue weighted by Gasteiger charge is 2.20. The van der Waals surface area contributed by atoms with Crippen LogP contribution in [0.1, 0.15) is 18.0 Å². The van der Waals surface area contributed by atoms with E-state index >= 15 is 0 Å². The SMILES string of the molecule is COc1ccc(Br)c([C@@H](N)CC(=O)O)c1O. The fourth-order valence-corrected chi connectivity index (χ4v) is 1.99. The molecule has 1 aromatic rings. The third kappa shape index (κ3) is 2.65. The van der Waals surface area contributed by atoms with Crippen LogP contribution in [-0.2, 0) is 4.79 Å². The number of phenolic OH excluding ortho intramolecular Hbond substituents is 1. The zero-order chi connectivity index (χ0) is 12.3. The molecule has 4 N–H and O–H groups in total. The monoisotopic (exact) mass is 289 g/mol. The van der Waals surface area contributed by atoms with Gasteiger partial charge in [-0.25, -0.2) is 0 Å². The molecule has 88 valence electrons. The van der Waals surface area contributed by atoms with Gasteiger partial charge in [0.2, 0.25) is 0 Å². The molecular formula is C10H12BrNO4. The minimum atomic E-state index is -1.03. The molecule has 1 rings (SSSR count). The Bertz CT molecular complexity index is 408. The lowest BCUT2D eigenvalue weighted by Gasteiger charge is -2.15. The van der Waals surface area contributed by atoms with Gasteiger partial charge >= 0.3 is 5.97 Å². The molecule has 0 bridgehead atoms. The molecule has 0 unspecified atom stereocenters. The van der Waals surface area contributed by atoms with E-state index in [2.05, 4.69) is 15.9 Å². The van der Waals surface area contributed by atoms with Gasteiger partial charge in [0.05, 0.1) is 13.5 Å². The Morgan fingerprint density at radius 3 is 2.75 bits per heavy atom. The molecule has 0 saturated heterocycles. The van der Waals surface area contributed by atoms with Crippen LogP contribution in [0.4, 0.5) is 0 Å². The Balaban J connectivity index is 3.15. The number of carboxylic acids is 1. The summed E-state index contributed by atoms with van der Waals surface area (Å²) < 4.78 is 5.48. The first kappa shape index (κ1) is 12.8. The van der Waals surface area contributed by atoms with Gasteiger partial charge in [0, 0.05) is 16.1 Å². The Morgan fingerprint density at radius 1 is 1.62 bits per heavy atom. The molecular weight excluding hydrogens is 278 g/mol. The number of halogens is 1. The molecule has 0 aromatic heterocycles. The topological polar surface area (TPSA) is 92.8 Å². The van der Waals surface area contributed by atoms with Crippen LogP contribution in [0.5, 0.6) is 11.5 Å². The average Bonchev–Trinajstić information content (AvgIpc) is 2.16. The summed E-state index contributed by atoms with van der Waals surface area (Å²) in [6.45, 7) is 0. The Morgan fingerprint density at radius 2 is 2.25 bits per heavy atom. The van der Waals surface area contributed by atoms with Crippen molar-refractivity contribution in [2.45, 2.75) is 12.5 Å². The second kappa shape index (κ2) is 5.18. The third-order valence-electron chi connectivity index (χ3n) is 2.11. The van der Waals surface area contributed by atoms with Crippen LogP contribution in [0.3, 0.4) is 0 Å². The number of aliphatic carboxylic acids is 1. The Kier molecular flexibility index (Phi) is 4.14. The lowest BCUT2D eigenvalue weighted by atomic mass is 10.0. The number of hydrogen-bond acceptors (Lipinski definition) is 4. The highest BCUT2D eigenvalue weighted by molar-refractivity contribution is 9.10. The zero-order valence-electron chi connectivity index (χ0n) is 8.61. The van der Waals surface area contributed by atoms with E-state index < -0.39 is 12.0 Å². The predicted octanol–water partition coefficient (Wildman–Crippen LogP) is 1.64. The van der Waals surface area contributed by atoms with Crippen molar-refractivity contribution in [3.05, 3.63) is 22.2 Å². The van der Waals surface area contributed by atoms with Crippen LogP contribution in [0.2, 0.25) is 0 Å². The van der Waals surface area contributed by atoms with E-state index in [1.807, 2.05) is 0 Å². The van der Waals surface area contributed by atoms with Gasteiger partial charge in [-0.3, -0.25) is 4.79 Å². The molecule has 0 amide bonds. The number of hydrogen-bond donors (Lipinski definition) is 3. The molecule has 0 aliphatic rings. The van der Waals surface area contributed by atoms with Crippen molar-refractivity contribution in [3.63, 3.8) is 0 Å². The molecule has 0 fully saturated rings. The van der Waals surface area contributed by atoms with Crippen molar-refractivity contribution >= 4 is 21.9 Å². The standard InChI is InChI=1S/C10H12BrNO4/c1-16-7-3-2-5(11)9(10(7)15)6(12)4-8(13)14/h2-3,6,15H,4,12H2,1H3,(H,13,14)/t6-/m0/s1. The van der Waals surface area contributed by atoms with Crippen molar-refractivity contribution in [2.24, 2.45) is 5.73 Å². The normalized spacial score (nSPS) is 12.2. The molecule has 1 atom stereocenters. The lowest BCUT2D eigenvalue weighted by molar-refractivity contribution is -0.137. The fourth-order valence-electron chi connectivity index (χ4n) is 1.37. The van der Waals surface area contributed by atoms with Crippen LogP contribution in [-0.4, -0.2) is 23.3 Å². The minimum absolute atomic E-state index is 0.134. The van der Waals surface area contributed by atoms with E-state index in [9.17, 15) is 9.90 Å². The van der Waals surface area contributed by atoms with Crippen LogP contribution in [0.15, 0.2) is 16.6 Å². The van der Waals surface area contributed by atoms with E-state index in [0.29, 0.717) is 10.0 Å². The van der Waals surface area contributed by atoms with Gasteiger partial charge in [-0.2, -0.15) is 0 Å². The predicted molar refractivity (Wildman–Crippen MR) is 61.5 cm³/mol. The number of aromatic hydroxyl groups is 1. The molecule has 0 aliphatic carbocycles. The van der Waals surface area contributed by atoms with Crippen LogP contribution < -0.4 is 10.5 Å². The summed E-state index contributed by atoms with van der Waals surface area (Å²) in [6, 6.07) is 2.42. The number of phenols is 1. The maximum absolute atomic E-state index is 10.6. The number of rotatable bonds is 4. The average molecular weight is 290 g/mol. The highest BCUT2D eigenvalue weighted by atomic mass is 79.9. The third-order valence-corrected chi connectivity index (χ3v) is 2.80. The number of methoxy groups -OCH3 is 1. The summed E-state index contributed by atoms with van der Waals surface area (Å²) in [5, 5.41) is 18.5. The van der Waals surface area contributed by atoms with Crippen LogP contribution in [0.25, 0.3) is 0 Å². The van der Waals surface area contributed by atoms with Gasteiger partial charge in [0.15, 0.2) is 11.5 Å². The maximum atomic E-state index is 10.6. The fraction of sp³-hybridized carbons (Fsp3) is 0.300. The molecule has 0 radical (unpaired) electrons. The quantitative estimate of drug-likeness (QED) is 0.784. The van der Waals surface area contributed by atoms with Gasteiger partial charge in [-0.1, -0.05) is 15.9 Å². The molecule has 16 heavy (non-hydrogen) atoms. The van der Waals surface area contributed by atoms with Crippen molar-refractivity contribution in [1.82, 2.24) is 0 Å². The number of carbonyl (C=O) groups is 1. The summed E-state index contributed by atoms with van der Waals surface area (Å²) in [4.78, 5) is 10.6. The van der Waals surface area contributed by atoms with E-state index in [1.54, 1.807) is 12.1 Å². The minimum Gasteiger partial charge on any atom is -0.504 e. The lowest BCUT2D eigenvalue weighted by Crippen LogP contribution is -2.15. The van der Waals surface area contributed by atoms with Gasteiger partial charge in [0.25, 0.3) is 0 Å². The second-order valence-corrected chi connectivity index (χ2v) is 4.07. The van der Waals surface area contributed by atoms with E-state index in [4.69, 9.17) is 15.6 Å². The van der Waals surface area contributed by atoms with Gasteiger partial charge in [0.1, 0.15) is 0 Å². The van der Waals surface area contributed by atoms with Gasteiger partial charge in [-0.15, -0.1) is 0 Å². The number of benzene rings is 1. The molecule has 0 aliphatic heterocycles. The summed E-state index contributed by atoms with van der Waals surface area (Å²) >= 11 is 3.21. The summed E-state index contributed by atoms with van der Waals surface area (Å²) in [6.07, 6.45) is -0.265. The highest BCUT2D eigenvalue weighted by Crippen LogP contribution is 2.38. The molecule has 0 saturated carbocycles. The second-order valence-electron chi connectivity index (χ2n) is 3.22. The first-order chi connectivity index (χ1) is 7.47. The van der Waals surface area contributed by atoms with Gasteiger partial charge < -0.3 is 20.7 Å². The number of carboxylic acid groups (broad SMARTS) is 1. The molecule has 5 nitrogen and oxygen atoms in total.